The molecule has 1 fully saturated rings. The van der Waals surface area contributed by atoms with Crippen molar-refractivity contribution in [2.45, 2.75) is 52.3 Å². The highest BCUT2D eigenvalue weighted by Crippen LogP contribution is 2.20. The van der Waals surface area contributed by atoms with Crippen LogP contribution in [0.3, 0.4) is 0 Å². The third-order valence-electron chi connectivity index (χ3n) is 5.31. The summed E-state index contributed by atoms with van der Waals surface area (Å²) < 4.78 is 12.6. The number of hydrogen-bond donors (Lipinski definition) is 1. The molecule has 0 spiro atoms. The molecule has 0 saturated carbocycles. The summed E-state index contributed by atoms with van der Waals surface area (Å²) in [5.74, 6) is 1.62. The Morgan fingerprint density at radius 3 is 2.47 bits per heavy atom. The Morgan fingerprint density at radius 1 is 1.09 bits per heavy atom. The second kappa shape index (κ2) is 9.37. The SMILES string of the molecule is CC(C)(C)OC(=O)NC(C)(C)c1noc(CN2CCN(c3nnnn3-c3ccccc3)CC2)n1. The number of nitrogens with one attached hydrogen (secondary N) is 1. The number of carbonyl (C=O) groups is 1. The fraction of sp³-hybridized carbons (Fsp3) is 0.545. The molecule has 1 aliphatic rings. The Labute approximate surface area is 198 Å². The molecule has 2 aromatic heterocycles. The lowest BCUT2D eigenvalue weighted by atomic mass is 10.1. The van der Waals surface area contributed by atoms with Gasteiger partial charge in [-0.2, -0.15) is 9.67 Å². The number of amides is 1. The zero-order chi connectivity index (χ0) is 24.3. The molecule has 1 aromatic carbocycles. The third-order valence-corrected chi connectivity index (χ3v) is 5.31. The number of ether oxygens (including phenoxy) is 1. The molecule has 3 heterocycles. The van der Waals surface area contributed by atoms with Crippen molar-refractivity contribution in [1.29, 1.82) is 0 Å². The molecule has 3 aromatic rings. The van der Waals surface area contributed by atoms with Crippen LogP contribution in [0, 0.1) is 0 Å². The largest absolute Gasteiger partial charge is 0.444 e. The Balaban J connectivity index is 1.33. The predicted molar refractivity (Wildman–Crippen MR) is 123 cm³/mol. The Morgan fingerprint density at radius 2 is 1.79 bits per heavy atom. The van der Waals surface area contributed by atoms with E-state index in [9.17, 15) is 4.79 Å². The van der Waals surface area contributed by atoms with E-state index in [1.165, 1.54) is 0 Å². The number of hydrogen-bond acceptors (Lipinski definition) is 10. The summed E-state index contributed by atoms with van der Waals surface area (Å²) in [6, 6.07) is 9.83. The normalized spacial score (nSPS) is 15.4. The highest BCUT2D eigenvalue weighted by molar-refractivity contribution is 5.68. The maximum Gasteiger partial charge on any atom is 0.408 e. The van der Waals surface area contributed by atoms with Crippen molar-refractivity contribution in [2.24, 2.45) is 0 Å². The summed E-state index contributed by atoms with van der Waals surface area (Å²) in [7, 11) is 0. The minimum atomic E-state index is -0.836. The topological polar surface area (TPSA) is 127 Å². The van der Waals surface area contributed by atoms with Crippen molar-refractivity contribution in [3.63, 3.8) is 0 Å². The van der Waals surface area contributed by atoms with E-state index in [2.05, 4.69) is 40.8 Å². The van der Waals surface area contributed by atoms with Crippen molar-refractivity contribution in [2.75, 3.05) is 31.1 Å². The van der Waals surface area contributed by atoms with Crippen LogP contribution < -0.4 is 10.2 Å². The van der Waals surface area contributed by atoms with Crippen molar-refractivity contribution in [3.8, 4) is 5.69 Å². The standard InChI is InChI=1S/C22H31N9O3/c1-21(2,3)33-20(32)24-22(4,5)18-23-17(34-26-18)15-29-11-13-30(14-12-29)19-25-27-28-31(19)16-9-7-6-8-10-16/h6-10H,11-15H2,1-5H3,(H,24,32). The predicted octanol–water partition coefficient (Wildman–Crippen LogP) is 2.13. The monoisotopic (exact) mass is 469 g/mol. The summed E-state index contributed by atoms with van der Waals surface area (Å²) in [6.07, 6.45) is -0.530. The van der Waals surface area contributed by atoms with Gasteiger partial charge in [0.1, 0.15) is 11.1 Å². The summed E-state index contributed by atoms with van der Waals surface area (Å²) >= 11 is 0. The van der Waals surface area contributed by atoms with E-state index >= 15 is 0 Å². The molecule has 0 radical (unpaired) electrons. The second-order valence-electron chi connectivity index (χ2n) is 9.75. The average molecular weight is 470 g/mol. The number of para-hydroxylation sites is 1. The van der Waals surface area contributed by atoms with Gasteiger partial charge in [0.05, 0.1) is 12.2 Å². The van der Waals surface area contributed by atoms with Gasteiger partial charge < -0.3 is 19.5 Å². The minimum absolute atomic E-state index is 0.397. The molecule has 1 saturated heterocycles. The van der Waals surface area contributed by atoms with Crippen LogP contribution in [0.2, 0.25) is 0 Å². The first-order valence-electron chi connectivity index (χ1n) is 11.3. The van der Waals surface area contributed by atoms with Gasteiger partial charge in [-0.25, -0.2) is 4.79 Å². The van der Waals surface area contributed by atoms with Gasteiger partial charge in [-0.05, 0) is 57.2 Å². The van der Waals surface area contributed by atoms with E-state index in [0.29, 0.717) is 18.3 Å². The fourth-order valence-corrected chi connectivity index (χ4v) is 3.60. The first-order valence-corrected chi connectivity index (χ1v) is 11.3. The molecule has 34 heavy (non-hydrogen) atoms. The van der Waals surface area contributed by atoms with Gasteiger partial charge in [0.2, 0.25) is 11.8 Å². The fourth-order valence-electron chi connectivity index (χ4n) is 3.60. The van der Waals surface area contributed by atoms with Gasteiger partial charge >= 0.3 is 6.09 Å². The van der Waals surface area contributed by atoms with Crippen LogP contribution in [-0.2, 0) is 16.8 Å². The second-order valence-corrected chi connectivity index (χ2v) is 9.75. The highest BCUT2D eigenvalue weighted by atomic mass is 16.6. The molecular weight excluding hydrogens is 438 g/mol. The molecule has 0 unspecified atom stereocenters. The average Bonchev–Trinajstić information content (AvgIpc) is 3.43. The lowest BCUT2D eigenvalue weighted by Crippen LogP contribution is -2.47. The zero-order valence-corrected chi connectivity index (χ0v) is 20.2. The van der Waals surface area contributed by atoms with Crippen LogP contribution in [0.1, 0.15) is 46.3 Å². The highest BCUT2D eigenvalue weighted by Gasteiger charge is 2.31. The van der Waals surface area contributed by atoms with Crippen LogP contribution >= 0.6 is 0 Å². The Hall–Kier alpha value is -3.54. The van der Waals surface area contributed by atoms with E-state index in [4.69, 9.17) is 9.26 Å². The van der Waals surface area contributed by atoms with Gasteiger partial charge in [0.15, 0.2) is 5.82 Å². The molecule has 0 aliphatic carbocycles. The zero-order valence-electron chi connectivity index (χ0n) is 20.2. The number of anilines is 1. The van der Waals surface area contributed by atoms with Gasteiger partial charge in [0.25, 0.3) is 0 Å². The number of piperazine rings is 1. The van der Waals surface area contributed by atoms with Crippen LogP contribution in [-0.4, -0.2) is 73.1 Å². The maximum atomic E-state index is 12.2. The maximum absolute atomic E-state index is 12.2. The number of tetrazole rings is 1. The molecule has 12 nitrogen and oxygen atoms in total. The van der Waals surface area contributed by atoms with Gasteiger partial charge in [0, 0.05) is 26.2 Å². The summed E-state index contributed by atoms with van der Waals surface area (Å²) in [6.45, 7) is 12.7. The summed E-state index contributed by atoms with van der Waals surface area (Å²) in [5, 5.41) is 19.1. The van der Waals surface area contributed by atoms with E-state index in [1.807, 2.05) is 51.1 Å². The first kappa shape index (κ1) is 23.6. The Bertz CT molecular complexity index is 1100. The number of benzene rings is 1. The van der Waals surface area contributed by atoms with Gasteiger partial charge in [-0.15, -0.1) is 0 Å². The molecule has 4 rings (SSSR count). The summed E-state index contributed by atoms with van der Waals surface area (Å²) in [5.41, 5.74) is -0.502. The van der Waals surface area contributed by atoms with E-state index in [0.717, 1.165) is 37.8 Å². The number of rotatable bonds is 6. The van der Waals surface area contributed by atoms with Crippen LogP contribution in [0.5, 0.6) is 0 Å². The van der Waals surface area contributed by atoms with Crippen molar-refractivity contribution < 1.29 is 14.1 Å². The number of alkyl carbamates (subject to hydrolysis) is 1. The van der Waals surface area contributed by atoms with Crippen molar-refractivity contribution >= 4 is 12.0 Å². The lowest BCUT2D eigenvalue weighted by molar-refractivity contribution is 0.0465. The molecule has 1 N–H and O–H groups in total. The quantitative estimate of drug-likeness (QED) is 0.573. The molecule has 0 atom stereocenters. The molecular formula is C22H31N9O3. The van der Waals surface area contributed by atoms with E-state index in [1.54, 1.807) is 18.5 Å². The smallest absolute Gasteiger partial charge is 0.408 e. The van der Waals surface area contributed by atoms with E-state index < -0.39 is 17.2 Å². The van der Waals surface area contributed by atoms with Crippen LogP contribution in [0.4, 0.5) is 10.7 Å². The first-order chi connectivity index (χ1) is 16.1. The van der Waals surface area contributed by atoms with Gasteiger partial charge in [-0.1, -0.05) is 28.5 Å². The van der Waals surface area contributed by atoms with Crippen molar-refractivity contribution in [1.82, 2.24) is 40.6 Å². The minimum Gasteiger partial charge on any atom is -0.444 e. The molecule has 1 amide bonds. The number of nitrogens with zero attached hydrogens (tertiary/aromatic N) is 8. The summed E-state index contributed by atoms with van der Waals surface area (Å²) in [4.78, 5) is 21.1. The lowest BCUT2D eigenvalue weighted by Gasteiger charge is -2.33. The van der Waals surface area contributed by atoms with Crippen molar-refractivity contribution in [3.05, 3.63) is 42.0 Å². The van der Waals surface area contributed by atoms with E-state index in [-0.39, 0.29) is 0 Å². The van der Waals surface area contributed by atoms with Crippen LogP contribution in [0.25, 0.3) is 5.69 Å². The number of carbonyl (C=O) groups excluding carboxylic acids is 1. The molecule has 0 bridgehead atoms. The molecule has 12 heteroatoms. The molecule has 182 valence electrons. The van der Waals surface area contributed by atoms with Gasteiger partial charge in [-0.3, -0.25) is 4.90 Å². The Kier molecular flexibility index (Phi) is 6.51. The number of aromatic nitrogens is 6. The van der Waals surface area contributed by atoms with Crippen LogP contribution in [0.15, 0.2) is 34.9 Å². The molecule has 1 aliphatic heterocycles. The third kappa shape index (κ3) is 5.68.